The first kappa shape index (κ1) is 16.9. The van der Waals surface area contributed by atoms with Crippen molar-refractivity contribution in [2.45, 2.75) is 26.2 Å². The minimum absolute atomic E-state index is 0.0279. The number of Topliss-reactive ketones (excluding diaryl/α,β-unsaturated/α-hetero) is 1. The monoisotopic (exact) mass is 310 g/mol. The van der Waals surface area contributed by atoms with Gasteiger partial charge in [0.25, 0.3) is 0 Å². The fraction of sp³-hybridized carbons (Fsp3) is 0.300. The van der Waals surface area contributed by atoms with E-state index in [1.165, 1.54) is 0 Å². The van der Waals surface area contributed by atoms with E-state index in [0.29, 0.717) is 12.8 Å². The van der Waals surface area contributed by atoms with Gasteiger partial charge in [0.05, 0.1) is 6.42 Å². The lowest BCUT2D eigenvalue weighted by molar-refractivity contribution is -0.141. The standard InChI is InChI=1S/C20H22O3/c1-15(12-19(21)22)20(23)18(13-16-8-4-2-5-9-16)14-17-10-6-3-7-11-17/h2-11,15,18H,12-14H2,1H3,(H,21,22). The molecule has 0 heterocycles. The molecule has 0 aromatic heterocycles. The van der Waals surface area contributed by atoms with Crippen molar-refractivity contribution in [1.29, 1.82) is 0 Å². The molecule has 120 valence electrons. The van der Waals surface area contributed by atoms with Crippen LogP contribution in [0.5, 0.6) is 0 Å². The number of hydrogen-bond acceptors (Lipinski definition) is 2. The number of hydrogen-bond donors (Lipinski definition) is 1. The molecular weight excluding hydrogens is 288 g/mol. The largest absolute Gasteiger partial charge is 0.481 e. The molecule has 1 N–H and O–H groups in total. The lowest BCUT2D eigenvalue weighted by atomic mass is 9.83. The molecule has 0 amide bonds. The van der Waals surface area contributed by atoms with Crippen molar-refractivity contribution in [1.82, 2.24) is 0 Å². The molecule has 0 spiro atoms. The highest BCUT2D eigenvalue weighted by Gasteiger charge is 2.26. The van der Waals surface area contributed by atoms with Crippen LogP contribution < -0.4 is 0 Å². The van der Waals surface area contributed by atoms with Gasteiger partial charge in [0.1, 0.15) is 5.78 Å². The molecule has 3 nitrogen and oxygen atoms in total. The normalized spacial score (nSPS) is 12.1. The molecule has 2 aromatic rings. The molecule has 0 saturated heterocycles. The molecule has 0 saturated carbocycles. The maximum Gasteiger partial charge on any atom is 0.304 e. The molecule has 0 aliphatic carbocycles. The van der Waals surface area contributed by atoms with Crippen LogP contribution in [0.1, 0.15) is 24.5 Å². The highest BCUT2D eigenvalue weighted by molar-refractivity contribution is 5.86. The van der Waals surface area contributed by atoms with E-state index >= 15 is 0 Å². The summed E-state index contributed by atoms with van der Waals surface area (Å²) in [5.74, 6) is -1.57. The molecule has 2 rings (SSSR count). The van der Waals surface area contributed by atoms with E-state index in [9.17, 15) is 9.59 Å². The van der Waals surface area contributed by atoms with Crippen LogP contribution >= 0.6 is 0 Å². The highest BCUT2D eigenvalue weighted by atomic mass is 16.4. The Morgan fingerprint density at radius 3 is 1.70 bits per heavy atom. The predicted octanol–water partition coefficient (Wildman–Crippen LogP) is 3.77. The third kappa shape index (κ3) is 5.37. The zero-order chi connectivity index (χ0) is 16.7. The van der Waals surface area contributed by atoms with Crippen molar-refractivity contribution < 1.29 is 14.7 Å². The summed E-state index contributed by atoms with van der Waals surface area (Å²) < 4.78 is 0. The van der Waals surface area contributed by atoms with Crippen molar-refractivity contribution in [3.8, 4) is 0 Å². The SMILES string of the molecule is CC(CC(=O)O)C(=O)C(Cc1ccccc1)Cc1ccccc1. The minimum atomic E-state index is -0.927. The van der Waals surface area contributed by atoms with E-state index in [-0.39, 0.29) is 18.1 Å². The van der Waals surface area contributed by atoms with Gasteiger partial charge >= 0.3 is 5.97 Å². The van der Waals surface area contributed by atoms with Crippen molar-refractivity contribution >= 4 is 11.8 Å². The summed E-state index contributed by atoms with van der Waals surface area (Å²) in [7, 11) is 0. The van der Waals surface area contributed by atoms with Crippen LogP contribution in [0.15, 0.2) is 60.7 Å². The van der Waals surface area contributed by atoms with Crippen LogP contribution in [0.4, 0.5) is 0 Å². The molecule has 0 aliphatic rings. The number of ketones is 1. The highest BCUT2D eigenvalue weighted by Crippen LogP contribution is 2.21. The molecule has 0 aliphatic heterocycles. The van der Waals surface area contributed by atoms with Gasteiger partial charge in [-0.2, -0.15) is 0 Å². The second-order valence-electron chi connectivity index (χ2n) is 5.98. The van der Waals surface area contributed by atoms with E-state index in [4.69, 9.17) is 5.11 Å². The second kappa shape index (κ2) is 8.28. The van der Waals surface area contributed by atoms with E-state index in [1.807, 2.05) is 60.7 Å². The maximum absolute atomic E-state index is 12.7. The van der Waals surface area contributed by atoms with E-state index < -0.39 is 11.9 Å². The first-order chi connectivity index (χ1) is 11.1. The van der Waals surface area contributed by atoms with E-state index in [1.54, 1.807) is 6.92 Å². The summed E-state index contributed by atoms with van der Waals surface area (Å²) in [5, 5.41) is 8.94. The van der Waals surface area contributed by atoms with Crippen molar-refractivity contribution in [3.05, 3.63) is 71.8 Å². The average molecular weight is 310 g/mol. The Morgan fingerprint density at radius 2 is 1.30 bits per heavy atom. The summed E-state index contributed by atoms with van der Waals surface area (Å²) in [6.07, 6.45) is 1.16. The molecule has 1 atom stereocenters. The Hall–Kier alpha value is -2.42. The van der Waals surface area contributed by atoms with Gasteiger partial charge < -0.3 is 5.11 Å². The summed E-state index contributed by atoms with van der Waals surface area (Å²) in [4.78, 5) is 23.6. The molecule has 0 radical (unpaired) electrons. The maximum atomic E-state index is 12.7. The summed E-state index contributed by atoms with van der Waals surface area (Å²) in [6.45, 7) is 1.71. The minimum Gasteiger partial charge on any atom is -0.481 e. The van der Waals surface area contributed by atoms with Crippen LogP contribution in [0.25, 0.3) is 0 Å². The third-order valence-corrected chi connectivity index (χ3v) is 4.02. The third-order valence-electron chi connectivity index (χ3n) is 4.02. The van der Waals surface area contributed by atoms with Gasteiger partial charge in [-0.1, -0.05) is 67.6 Å². The lowest BCUT2D eigenvalue weighted by Crippen LogP contribution is -2.27. The Morgan fingerprint density at radius 1 is 0.870 bits per heavy atom. The van der Waals surface area contributed by atoms with E-state index in [2.05, 4.69) is 0 Å². The van der Waals surface area contributed by atoms with Crippen LogP contribution in [0, 0.1) is 11.8 Å². The van der Waals surface area contributed by atoms with Crippen LogP contribution in [0.3, 0.4) is 0 Å². The quantitative estimate of drug-likeness (QED) is 0.807. The summed E-state index contributed by atoms with van der Waals surface area (Å²) >= 11 is 0. The zero-order valence-corrected chi connectivity index (χ0v) is 13.3. The second-order valence-corrected chi connectivity index (χ2v) is 5.98. The van der Waals surface area contributed by atoms with Gasteiger partial charge in [-0.05, 0) is 24.0 Å². The van der Waals surface area contributed by atoms with Gasteiger partial charge in [-0.15, -0.1) is 0 Å². The predicted molar refractivity (Wildman–Crippen MR) is 90.2 cm³/mol. The fourth-order valence-electron chi connectivity index (χ4n) is 2.84. The number of benzene rings is 2. The fourth-order valence-corrected chi connectivity index (χ4v) is 2.84. The molecule has 1 unspecified atom stereocenters. The number of rotatable bonds is 8. The summed E-state index contributed by atoms with van der Waals surface area (Å²) in [5.41, 5.74) is 2.20. The Labute approximate surface area is 137 Å². The number of carboxylic acids is 1. The van der Waals surface area contributed by atoms with Crippen molar-refractivity contribution in [2.24, 2.45) is 11.8 Å². The average Bonchev–Trinajstić information content (AvgIpc) is 2.55. The molecule has 0 fully saturated rings. The topological polar surface area (TPSA) is 54.4 Å². The number of carbonyl (C=O) groups is 2. The molecule has 0 bridgehead atoms. The molecule has 2 aromatic carbocycles. The lowest BCUT2D eigenvalue weighted by Gasteiger charge is -2.19. The van der Waals surface area contributed by atoms with Crippen LogP contribution in [-0.2, 0) is 22.4 Å². The first-order valence-electron chi connectivity index (χ1n) is 7.89. The Kier molecular flexibility index (Phi) is 6.10. The van der Waals surface area contributed by atoms with Gasteiger partial charge in [0, 0.05) is 11.8 Å². The Balaban J connectivity index is 2.16. The molecular formula is C20H22O3. The smallest absolute Gasteiger partial charge is 0.304 e. The summed E-state index contributed by atoms with van der Waals surface area (Å²) in [6, 6.07) is 19.8. The van der Waals surface area contributed by atoms with Crippen LogP contribution in [0.2, 0.25) is 0 Å². The van der Waals surface area contributed by atoms with Crippen LogP contribution in [-0.4, -0.2) is 16.9 Å². The zero-order valence-electron chi connectivity index (χ0n) is 13.3. The molecule has 23 heavy (non-hydrogen) atoms. The van der Waals surface area contributed by atoms with E-state index in [0.717, 1.165) is 11.1 Å². The number of carbonyl (C=O) groups excluding carboxylic acids is 1. The van der Waals surface area contributed by atoms with Crippen molar-refractivity contribution in [3.63, 3.8) is 0 Å². The van der Waals surface area contributed by atoms with Gasteiger partial charge in [0.15, 0.2) is 0 Å². The molecule has 3 heteroatoms. The number of aliphatic carboxylic acids is 1. The first-order valence-corrected chi connectivity index (χ1v) is 7.89. The van der Waals surface area contributed by atoms with Gasteiger partial charge in [-0.25, -0.2) is 0 Å². The van der Waals surface area contributed by atoms with Crippen molar-refractivity contribution in [2.75, 3.05) is 0 Å². The number of carboxylic acid groups (broad SMARTS) is 1. The van der Waals surface area contributed by atoms with Gasteiger partial charge in [0.2, 0.25) is 0 Å². The Bertz CT molecular complexity index is 593. The van der Waals surface area contributed by atoms with Gasteiger partial charge in [-0.3, -0.25) is 9.59 Å².